The highest BCUT2D eigenvalue weighted by Crippen LogP contribution is 2.66. The molecule has 8 atom stereocenters. The van der Waals surface area contributed by atoms with Crippen molar-refractivity contribution < 1.29 is 19.8 Å². The monoisotopic (exact) mass is 378 g/mol. The number of carbonyl (C=O) groups is 2. The quantitative estimate of drug-likeness (QED) is 0.694. The number of carboxylic acid groups (broad SMARTS) is 1. The zero-order valence-corrected chi connectivity index (χ0v) is 17.5. The molecule has 4 saturated carbocycles. The molecule has 0 heterocycles. The molecule has 0 unspecified atom stereocenters. The average Bonchev–Trinajstić information content (AvgIpc) is 3.00. The van der Waals surface area contributed by atoms with E-state index in [1.807, 2.05) is 0 Å². The summed E-state index contributed by atoms with van der Waals surface area (Å²) >= 11 is 0. The van der Waals surface area contributed by atoms with E-state index in [2.05, 4.69) is 20.8 Å². The summed E-state index contributed by atoms with van der Waals surface area (Å²) in [6.07, 6.45) is 9.39. The van der Waals surface area contributed by atoms with Crippen LogP contribution in [-0.2, 0) is 9.59 Å². The van der Waals surface area contributed by atoms with Crippen LogP contribution in [0, 0.1) is 40.4 Å². The highest BCUT2D eigenvalue weighted by Gasteiger charge is 2.61. The van der Waals surface area contributed by atoms with Gasteiger partial charge in [-0.05, 0) is 73.0 Å². The number of Topliss-reactive ketones (excluding diaryl/α,β-unsaturated/α-hetero) is 1. The average molecular weight is 379 g/mol. The van der Waals surface area contributed by atoms with E-state index in [1.165, 1.54) is 32.1 Å². The highest BCUT2D eigenvalue weighted by molar-refractivity contribution is 5.82. The topological polar surface area (TPSA) is 74.6 Å². The van der Waals surface area contributed by atoms with Crippen molar-refractivity contribution in [2.24, 2.45) is 40.4 Å². The lowest BCUT2D eigenvalue weighted by Gasteiger charge is -2.61. The Hall–Kier alpha value is -0.900. The molecule has 4 heteroatoms. The maximum atomic E-state index is 12.2. The van der Waals surface area contributed by atoms with Gasteiger partial charge >= 0.3 is 5.97 Å². The second-order valence-corrected chi connectivity index (χ2v) is 10.4. The zero-order valence-electron chi connectivity index (χ0n) is 17.5. The molecule has 0 spiro atoms. The molecule has 4 nitrogen and oxygen atoms in total. The summed E-state index contributed by atoms with van der Waals surface area (Å²) in [7, 11) is 0. The van der Waals surface area contributed by atoms with Crippen LogP contribution in [0.3, 0.4) is 0 Å². The molecule has 0 aromatic heterocycles. The van der Waals surface area contributed by atoms with Crippen LogP contribution >= 0.6 is 0 Å². The van der Waals surface area contributed by atoms with Gasteiger partial charge in [0.1, 0.15) is 5.78 Å². The lowest BCUT2D eigenvalue weighted by atomic mass is 9.44. The van der Waals surface area contributed by atoms with Crippen LogP contribution in [0.2, 0.25) is 0 Å². The van der Waals surface area contributed by atoms with Crippen LogP contribution in [0.15, 0.2) is 0 Å². The molecular weight excluding hydrogens is 340 g/mol. The molecule has 4 aliphatic rings. The molecule has 0 amide bonds. The number of hydrogen-bond donors (Lipinski definition) is 2. The Bertz CT molecular complexity index is 587. The third-order valence-electron chi connectivity index (χ3n) is 8.91. The summed E-state index contributed by atoms with van der Waals surface area (Å²) in [5, 5.41) is 18.7. The van der Waals surface area contributed by atoms with Gasteiger partial charge in [-0.15, -0.1) is 0 Å². The Labute approximate surface area is 164 Å². The maximum Gasteiger partial charge on any atom is 0.303 e. The Morgan fingerprint density at radius 3 is 2.48 bits per heavy atom. The zero-order chi connectivity index (χ0) is 20.0. The van der Waals surface area contributed by atoms with E-state index in [9.17, 15) is 14.7 Å². The van der Waals surface area contributed by atoms with Gasteiger partial charge in [-0.3, -0.25) is 9.59 Å². The molecule has 154 valence electrons. The molecule has 4 aliphatic carbocycles. The highest BCUT2D eigenvalue weighted by atomic mass is 16.4. The van der Waals surface area contributed by atoms with Gasteiger partial charge in [-0.1, -0.05) is 34.1 Å². The van der Waals surface area contributed by atoms with E-state index >= 15 is 0 Å². The van der Waals surface area contributed by atoms with E-state index in [0.29, 0.717) is 34.4 Å². The first-order valence-electron chi connectivity index (χ1n) is 11.0. The Balaban J connectivity index is 0.000000376. The van der Waals surface area contributed by atoms with Crippen molar-refractivity contribution in [2.75, 3.05) is 0 Å². The third kappa shape index (κ3) is 3.59. The smallest absolute Gasteiger partial charge is 0.303 e. The summed E-state index contributed by atoms with van der Waals surface area (Å²) in [6.45, 7) is 8.67. The number of aliphatic carboxylic acids is 1. The van der Waals surface area contributed by atoms with E-state index < -0.39 is 5.97 Å². The van der Waals surface area contributed by atoms with E-state index in [-0.39, 0.29) is 18.4 Å². The first-order valence-corrected chi connectivity index (χ1v) is 11.0. The number of aliphatic hydroxyl groups excluding tert-OH is 1. The number of ketones is 1. The van der Waals surface area contributed by atoms with Crippen LogP contribution in [0.5, 0.6) is 0 Å². The molecular formula is C23H38O4. The summed E-state index contributed by atoms with van der Waals surface area (Å²) < 4.78 is 0. The molecule has 4 rings (SSSR count). The molecule has 27 heavy (non-hydrogen) atoms. The van der Waals surface area contributed by atoms with Crippen molar-refractivity contribution >= 4 is 11.8 Å². The minimum absolute atomic E-state index is 0.160. The number of fused-ring (bicyclic) bond motifs is 5. The van der Waals surface area contributed by atoms with E-state index in [4.69, 9.17) is 5.11 Å². The van der Waals surface area contributed by atoms with Gasteiger partial charge in [0, 0.05) is 18.8 Å². The van der Waals surface area contributed by atoms with Gasteiger partial charge in [0.2, 0.25) is 0 Å². The fraction of sp³-hybridized carbons (Fsp3) is 0.913. The minimum Gasteiger partial charge on any atom is -0.481 e. The van der Waals surface area contributed by atoms with E-state index in [1.54, 1.807) is 6.92 Å². The fourth-order valence-corrected chi connectivity index (χ4v) is 7.36. The predicted octanol–water partition coefficient (Wildman–Crippen LogP) is 4.69. The predicted molar refractivity (Wildman–Crippen MR) is 105 cm³/mol. The fourth-order valence-electron chi connectivity index (χ4n) is 7.36. The number of carbonyl (C=O) groups excluding carboxylic acids is 1. The Kier molecular flexibility index (Phi) is 5.78. The van der Waals surface area contributed by atoms with Crippen LogP contribution in [0.1, 0.15) is 85.5 Å². The van der Waals surface area contributed by atoms with E-state index in [0.717, 1.165) is 25.2 Å². The molecule has 0 radical (unpaired) electrons. The standard InChI is InChI=1S/C20H32O2.C3H6O2/c1-12-11-20(3)13(9-16(12)21)10-17(22)18-14-5-4-7-19(14,2)8-6-15(18)20;1-2-3(4)5/h12-15,17-18,22H,4-11H2,1-3H3;2H2,1H3,(H,4,5)/t12-,13-,14+,15+,17+,18+,19+,20+;/m1./s1. The van der Waals surface area contributed by atoms with Crippen LogP contribution in [-0.4, -0.2) is 28.1 Å². The Morgan fingerprint density at radius 1 is 1.19 bits per heavy atom. The second-order valence-electron chi connectivity index (χ2n) is 10.4. The minimum atomic E-state index is -0.745. The lowest BCUT2D eigenvalue weighted by Crippen LogP contribution is -2.58. The van der Waals surface area contributed by atoms with Crippen LogP contribution < -0.4 is 0 Å². The molecule has 4 fully saturated rings. The number of rotatable bonds is 1. The molecule has 0 bridgehead atoms. The van der Waals surface area contributed by atoms with Crippen molar-refractivity contribution in [1.82, 2.24) is 0 Å². The summed E-state index contributed by atoms with van der Waals surface area (Å²) in [4.78, 5) is 21.6. The van der Waals surface area contributed by atoms with Gasteiger partial charge in [0.15, 0.2) is 0 Å². The Morgan fingerprint density at radius 2 is 1.85 bits per heavy atom. The SMILES string of the molecule is CCC(=O)O.C[C@@H]1C[C@@]2(C)[C@H](CC1=O)C[C@H](O)[C@H]1[C@@H]3CCC[C@@]3(C)CC[C@@H]12. The third-order valence-corrected chi connectivity index (χ3v) is 8.91. The normalized spacial score (nSPS) is 48.6. The summed E-state index contributed by atoms with van der Waals surface area (Å²) in [5.74, 6) is 2.23. The molecule has 2 N–H and O–H groups in total. The van der Waals surface area contributed by atoms with Gasteiger partial charge in [0.05, 0.1) is 6.10 Å². The van der Waals surface area contributed by atoms with Crippen LogP contribution in [0.25, 0.3) is 0 Å². The molecule has 0 aromatic rings. The van der Waals surface area contributed by atoms with Crippen molar-refractivity contribution in [3.8, 4) is 0 Å². The first kappa shape index (κ1) is 20.8. The number of aliphatic hydroxyl groups is 1. The van der Waals surface area contributed by atoms with Gasteiger partial charge in [-0.25, -0.2) is 0 Å². The number of hydrogen-bond acceptors (Lipinski definition) is 3. The van der Waals surface area contributed by atoms with Gasteiger partial charge in [0.25, 0.3) is 0 Å². The van der Waals surface area contributed by atoms with Crippen molar-refractivity contribution in [1.29, 1.82) is 0 Å². The van der Waals surface area contributed by atoms with Gasteiger partial charge < -0.3 is 10.2 Å². The maximum absolute atomic E-state index is 12.2. The van der Waals surface area contributed by atoms with Crippen LogP contribution in [0.4, 0.5) is 0 Å². The van der Waals surface area contributed by atoms with Crippen molar-refractivity contribution in [2.45, 2.75) is 91.6 Å². The summed E-state index contributed by atoms with van der Waals surface area (Å²) in [6, 6.07) is 0. The largest absolute Gasteiger partial charge is 0.481 e. The lowest BCUT2D eigenvalue weighted by molar-refractivity contribution is -0.169. The second kappa shape index (κ2) is 7.50. The summed E-state index contributed by atoms with van der Waals surface area (Å²) in [5.41, 5.74) is 0.780. The molecule has 0 aliphatic heterocycles. The number of carboxylic acids is 1. The molecule has 0 saturated heterocycles. The first-order chi connectivity index (χ1) is 12.6. The van der Waals surface area contributed by atoms with Gasteiger partial charge in [-0.2, -0.15) is 0 Å². The van der Waals surface area contributed by atoms with Crippen molar-refractivity contribution in [3.63, 3.8) is 0 Å². The molecule has 0 aromatic carbocycles. The van der Waals surface area contributed by atoms with Crippen molar-refractivity contribution in [3.05, 3.63) is 0 Å².